The number of fused-ring (bicyclic) bond motifs is 1. The SMILES string of the molecule is Cc1ccc(N2C(=O)C3C=CC=C4Oc5ccccc5C43C2=O)cc1. The Hall–Kier alpha value is -3.14. The molecule has 1 saturated heterocycles. The van der Waals surface area contributed by atoms with Crippen LogP contribution < -0.4 is 9.64 Å². The third kappa shape index (κ3) is 1.61. The minimum Gasteiger partial charge on any atom is -0.460 e. The van der Waals surface area contributed by atoms with Crippen LogP contribution in [0.25, 0.3) is 0 Å². The average molecular weight is 329 g/mol. The molecular formula is C21H15NO3. The zero-order chi connectivity index (χ0) is 17.2. The number of imide groups is 1. The molecule has 0 saturated carbocycles. The van der Waals surface area contributed by atoms with E-state index in [0.717, 1.165) is 11.1 Å². The second kappa shape index (κ2) is 4.70. The summed E-state index contributed by atoms with van der Waals surface area (Å²) in [4.78, 5) is 28.0. The van der Waals surface area contributed by atoms with Crippen molar-refractivity contribution < 1.29 is 14.3 Å². The standard InChI is InChI=1S/C21H15NO3/c1-13-9-11-14(12-10-13)22-19(23)16-6-4-8-18-21(16,20(22)24)15-5-2-3-7-17(15)25-18/h2-12,16H,1H3. The summed E-state index contributed by atoms with van der Waals surface area (Å²) in [5, 5.41) is 0. The highest BCUT2D eigenvalue weighted by molar-refractivity contribution is 6.28. The molecule has 3 aliphatic rings. The van der Waals surface area contributed by atoms with Crippen LogP contribution in [0.2, 0.25) is 0 Å². The van der Waals surface area contributed by atoms with Crippen LogP contribution in [0.5, 0.6) is 5.75 Å². The van der Waals surface area contributed by atoms with Crippen molar-refractivity contribution in [3.63, 3.8) is 0 Å². The summed E-state index contributed by atoms with van der Waals surface area (Å²) in [6.07, 6.45) is 5.40. The van der Waals surface area contributed by atoms with Crippen LogP contribution in [0.4, 0.5) is 5.69 Å². The normalized spacial score (nSPS) is 26.0. The molecule has 2 unspecified atom stereocenters. The average Bonchev–Trinajstić information content (AvgIpc) is 3.08. The lowest BCUT2D eigenvalue weighted by atomic mass is 9.69. The number of nitrogens with zero attached hydrogens (tertiary/aromatic N) is 1. The highest BCUT2D eigenvalue weighted by Crippen LogP contribution is 2.56. The first kappa shape index (κ1) is 14.2. The van der Waals surface area contributed by atoms with Crippen molar-refractivity contribution >= 4 is 17.5 Å². The lowest BCUT2D eigenvalue weighted by molar-refractivity contribution is -0.122. The fourth-order valence-electron chi connectivity index (χ4n) is 4.07. The van der Waals surface area contributed by atoms with Crippen LogP contribution in [0.3, 0.4) is 0 Å². The van der Waals surface area contributed by atoms with Gasteiger partial charge in [0.15, 0.2) is 5.41 Å². The summed E-state index contributed by atoms with van der Waals surface area (Å²) in [7, 11) is 0. The van der Waals surface area contributed by atoms with Gasteiger partial charge in [-0.1, -0.05) is 48.0 Å². The van der Waals surface area contributed by atoms with Crippen molar-refractivity contribution in [3.05, 3.63) is 83.6 Å². The minimum absolute atomic E-state index is 0.212. The molecular weight excluding hydrogens is 314 g/mol. The number of anilines is 1. The smallest absolute Gasteiger partial charge is 0.253 e. The molecule has 122 valence electrons. The van der Waals surface area contributed by atoms with Crippen LogP contribution in [0, 0.1) is 12.8 Å². The number of carbonyl (C=O) groups excluding carboxylic acids is 2. The van der Waals surface area contributed by atoms with Crippen molar-refractivity contribution in [1.82, 2.24) is 0 Å². The van der Waals surface area contributed by atoms with E-state index < -0.39 is 11.3 Å². The van der Waals surface area contributed by atoms with Crippen LogP contribution in [0.15, 0.2) is 72.5 Å². The summed E-state index contributed by atoms with van der Waals surface area (Å²) in [6, 6.07) is 14.9. The molecule has 1 aliphatic carbocycles. The number of hydrogen-bond acceptors (Lipinski definition) is 3. The topological polar surface area (TPSA) is 46.6 Å². The number of carbonyl (C=O) groups is 2. The van der Waals surface area contributed by atoms with Crippen LogP contribution in [-0.2, 0) is 15.0 Å². The van der Waals surface area contributed by atoms with Crippen molar-refractivity contribution in [2.24, 2.45) is 5.92 Å². The van der Waals surface area contributed by atoms with Crippen molar-refractivity contribution in [2.75, 3.05) is 4.90 Å². The highest BCUT2D eigenvalue weighted by Gasteiger charge is 2.66. The second-order valence-corrected chi connectivity index (χ2v) is 6.61. The van der Waals surface area contributed by atoms with E-state index in [0.29, 0.717) is 17.2 Å². The fraction of sp³-hybridized carbons (Fsp3) is 0.143. The van der Waals surface area contributed by atoms with Gasteiger partial charge < -0.3 is 4.74 Å². The monoisotopic (exact) mass is 329 g/mol. The quantitative estimate of drug-likeness (QED) is 0.755. The first-order chi connectivity index (χ1) is 12.1. The van der Waals surface area contributed by atoms with Gasteiger partial charge in [0.25, 0.3) is 5.91 Å². The van der Waals surface area contributed by atoms with Crippen LogP contribution >= 0.6 is 0 Å². The number of benzene rings is 2. The maximum atomic E-state index is 13.6. The number of amides is 2. The Morgan fingerprint density at radius 3 is 2.60 bits per heavy atom. The maximum Gasteiger partial charge on any atom is 0.253 e. The lowest BCUT2D eigenvalue weighted by Gasteiger charge is -2.27. The van der Waals surface area contributed by atoms with Gasteiger partial charge in [-0.3, -0.25) is 9.59 Å². The molecule has 5 rings (SSSR count). The summed E-state index contributed by atoms with van der Waals surface area (Å²) in [5.74, 6) is 0.149. The summed E-state index contributed by atoms with van der Waals surface area (Å²) < 4.78 is 5.95. The third-order valence-corrected chi connectivity index (χ3v) is 5.26. The van der Waals surface area contributed by atoms with Gasteiger partial charge >= 0.3 is 0 Å². The molecule has 1 spiro atoms. The first-order valence-electron chi connectivity index (χ1n) is 8.25. The van der Waals surface area contributed by atoms with Gasteiger partial charge in [0, 0.05) is 5.56 Å². The van der Waals surface area contributed by atoms with Gasteiger partial charge in [-0.05, 0) is 31.2 Å². The first-order valence-corrected chi connectivity index (χ1v) is 8.25. The molecule has 2 aromatic rings. The molecule has 0 radical (unpaired) electrons. The Morgan fingerprint density at radius 2 is 1.80 bits per heavy atom. The van der Waals surface area contributed by atoms with E-state index >= 15 is 0 Å². The number of aryl methyl sites for hydroxylation is 1. The van der Waals surface area contributed by atoms with E-state index in [9.17, 15) is 9.59 Å². The summed E-state index contributed by atoms with van der Waals surface area (Å²) in [5.41, 5.74) is 1.37. The molecule has 4 nitrogen and oxygen atoms in total. The molecule has 0 aromatic heterocycles. The van der Waals surface area contributed by atoms with Crippen molar-refractivity contribution in [2.45, 2.75) is 12.3 Å². The molecule has 2 aliphatic heterocycles. The van der Waals surface area contributed by atoms with Crippen LogP contribution in [-0.4, -0.2) is 11.8 Å². The Labute approximate surface area is 145 Å². The van der Waals surface area contributed by atoms with Crippen molar-refractivity contribution in [3.8, 4) is 5.75 Å². The molecule has 0 N–H and O–H groups in total. The Balaban J connectivity index is 1.74. The lowest BCUT2D eigenvalue weighted by Crippen LogP contribution is -2.41. The summed E-state index contributed by atoms with van der Waals surface area (Å²) in [6.45, 7) is 1.97. The molecule has 1 fully saturated rings. The molecule has 25 heavy (non-hydrogen) atoms. The van der Waals surface area contributed by atoms with Crippen LogP contribution in [0.1, 0.15) is 11.1 Å². The van der Waals surface area contributed by atoms with E-state index in [-0.39, 0.29) is 11.8 Å². The molecule has 2 atom stereocenters. The maximum absolute atomic E-state index is 13.6. The minimum atomic E-state index is -1.08. The van der Waals surface area contributed by atoms with Gasteiger partial charge in [0.1, 0.15) is 11.5 Å². The molecule has 2 aromatic carbocycles. The van der Waals surface area contributed by atoms with Gasteiger partial charge in [-0.15, -0.1) is 0 Å². The van der Waals surface area contributed by atoms with E-state index in [1.807, 2.05) is 61.5 Å². The zero-order valence-corrected chi connectivity index (χ0v) is 13.6. The number of para-hydroxylation sites is 1. The largest absolute Gasteiger partial charge is 0.460 e. The predicted molar refractivity (Wildman–Crippen MR) is 93.1 cm³/mol. The molecule has 0 bridgehead atoms. The van der Waals surface area contributed by atoms with Gasteiger partial charge in [-0.25, -0.2) is 4.90 Å². The molecule has 2 heterocycles. The van der Waals surface area contributed by atoms with Gasteiger partial charge in [-0.2, -0.15) is 0 Å². The predicted octanol–water partition coefficient (Wildman–Crippen LogP) is 3.27. The summed E-state index contributed by atoms with van der Waals surface area (Å²) >= 11 is 0. The van der Waals surface area contributed by atoms with E-state index in [1.165, 1.54) is 4.90 Å². The number of ether oxygens (including phenoxy) is 1. The molecule has 2 amide bonds. The third-order valence-electron chi connectivity index (χ3n) is 5.26. The Kier molecular flexibility index (Phi) is 2.67. The molecule has 4 heteroatoms. The fourth-order valence-corrected chi connectivity index (χ4v) is 4.07. The second-order valence-electron chi connectivity index (χ2n) is 6.61. The Bertz CT molecular complexity index is 986. The van der Waals surface area contributed by atoms with E-state index in [4.69, 9.17) is 4.74 Å². The Morgan fingerprint density at radius 1 is 1.04 bits per heavy atom. The number of rotatable bonds is 1. The highest BCUT2D eigenvalue weighted by atomic mass is 16.5. The number of allylic oxidation sites excluding steroid dienone is 2. The zero-order valence-electron chi connectivity index (χ0n) is 13.6. The number of hydrogen-bond donors (Lipinski definition) is 0. The van der Waals surface area contributed by atoms with Crippen molar-refractivity contribution in [1.29, 1.82) is 0 Å². The van der Waals surface area contributed by atoms with E-state index in [2.05, 4.69) is 0 Å². The van der Waals surface area contributed by atoms with Gasteiger partial charge in [0.05, 0.1) is 11.6 Å². The van der Waals surface area contributed by atoms with Gasteiger partial charge in [0.2, 0.25) is 5.91 Å². The van der Waals surface area contributed by atoms with E-state index in [1.54, 1.807) is 12.2 Å².